The molecule has 1 aromatic heterocycles. The third kappa shape index (κ3) is 2.33. The van der Waals surface area contributed by atoms with Crippen molar-refractivity contribution in [1.29, 1.82) is 0 Å². The SMILES string of the molecule is OC(=S)Sc1ccccn1. The summed E-state index contributed by atoms with van der Waals surface area (Å²) in [6.45, 7) is 0. The molecule has 0 fully saturated rings. The molecule has 1 N–H and O–H groups in total. The summed E-state index contributed by atoms with van der Waals surface area (Å²) in [5, 5.41) is 9.38. The van der Waals surface area contributed by atoms with E-state index in [0.717, 1.165) is 16.8 Å². The van der Waals surface area contributed by atoms with Gasteiger partial charge in [0.05, 0.1) is 0 Å². The highest BCUT2D eigenvalue weighted by Gasteiger charge is 1.95. The van der Waals surface area contributed by atoms with Crippen LogP contribution in [0.5, 0.6) is 0 Å². The number of hydrogen-bond acceptors (Lipinski definition) is 3. The maximum atomic E-state index is 8.66. The second kappa shape index (κ2) is 3.53. The van der Waals surface area contributed by atoms with Gasteiger partial charge in [0.1, 0.15) is 5.03 Å². The summed E-state index contributed by atoms with van der Waals surface area (Å²) in [5.41, 5.74) is 0. The zero-order valence-electron chi connectivity index (χ0n) is 5.02. The molecule has 0 aromatic carbocycles. The molecule has 0 bridgehead atoms. The molecule has 10 heavy (non-hydrogen) atoms. The molecule has 0 aliphatic carbocycles. The normalized spacial score (nSPS) is 9.20. The van der Waals surface area contributed by atoms with Gasteiger partial charge in [-0.25, -0.2) is 4.98 Å². The quantitative estimate of drug-likeness (QED) is 0.517. The predicted molar refractivity (Wildman–Crippen MR) is 45.3 cm³/mol. The number of pyridine rings is 1. The van der Waals surface area contributed by atoms with Crippen LogP contribution in [0.2, 0.25) is 0 Å². The van der Waals surface area contributed by atoms with Gasteiger partial charge in [0, 0.05) is 6.20 Å². The molecule has 0 saturated heterocycles. The Hall–Kier alpha value is -0.610. The predicted octanol–water partition coefficient (Wildman–Crippen LogP) is 2.02. The van der Waals surface area contributed by atoms with Crippen LogP contribution in [0.3, 0.4) is 0 Å². The summed E-state index contributed by atoms with van der Waals surface area (Å²) in [6, 6.07) is 5.44. The summed E-state index contributed by atoms with van der Waals surface area (Å²) in [6.07, 6.45) is 1.65. The molecular weight excluding hydrogens is 166 g/mol. The lowest BCUT2D eigenvalue weighted by molar-refractivity contribution is 0.585. The Bertz CT molecular complexity index is 224. The zero-order chi connectivity index (χ0) is 7.40. The number of aliphatic hydroxyl groups is 1. The minimum atomic E-state index is -0.0984. The van der Waals surface area contributed by atoms with E-state index in [1.165, 1.54) is 0 Å². The molecule has 0 radical (unpaired) electrons. The van der Waals surface area contributed by atoms with E-state index < -0.39 is 0 Å². The van der Waals surface area contributed by atoms with E-state index in [0.29, 0.717) is 0 Å². The number of hydrogen-bond donors (Lipinski definition) is 1. The number of nitrogens with zero attached hydrogens (tertiary/aromatic N) is 1. The Kier molecular flexibility index (Phi) is 2.65. The maximum Gasteiger partial charge on any atom is 0.223 e. The first-order chi connectivity index (χ1) is 4.79. The molecule has 0 atom stereocenters. The standard InChI is InChI=1S/C6H5NOS2/c8-6(9)10-5-3-1-2-4-7-5/h1-4H,(H,8,9). The van der Waals surface area contributed by atoms with Crippen LogP contribution in [0.25, 0.3) is 0 Å². The van der Waals surface area contributed by atoms with Gasteiger partial charge in [0.25, 0.3) is 0 Å². The molecular formula is C6H5NOS2. The maximum absolute atomic E-state index is 8.66. The third-order valence-corrected chi connectivity index (χ3v) is 1.70. The largest absolute Gasteiger partial charge is 0.494 e. The highest BCUT2D eigenvalue weighted by Crippen LogP contribution is 2.13. The van der Waals surface area contributed by atoms with Gasteiger partial charge in [0.2, 0.25) is 4.38 Å². The molecule has 0 aliphatic heterocycles. The Labute approximate surface area is 68.3 Å². The average Bonchev–Trinajstić information content (AvgIpc) is 1.88. The van der Waals surface area contributed by atoms with Crippen molar-refractivity contribution in [3.63, 3.8) is 0 Å². The third-order valence-electron chi connectivity index (χ3n) is 0.830. The molecule has 2 nitrogen and oxygen atoms in total. The van der Waals surface area contributed by atoms with Crippen molar-refractivity contribution in [2.24, 2.45) is 0 Å². The number of aliphatic hydroxyl groups excluding tert-OH is 1. The highest BCUT2D eigenvalue weighted by atomic mass is 32.2. The molecule has 0 saturated carbocycles. The highest BCUT2D eigenvalue weighted by molar-refractivity contribution is 8.22. The van der Waals surface area contributed by atoms with E-state index in [1.54, 1.807) is 12.3 Å². The first-order valence-corrected chi connectivity index (χ1v) is 3.83. The van der Waals surface area contributed by atoms with E-state index in [1.807, 2.05) is 12.1 Å². The molecule has 0 aliphatic rings. The van der Waals surface area contributed by atoms with Crippen molar-refractivity contribution >= 4 is 28.4 Å². The Morgan fingerprint density at radius 3 is 2.90 bits per heavy atom. The van der Waals surface area contributed by atoms with Gasteiger partial charge in [-0.3, -0.25) is 0 Å². The van der Waals surface area contributed by atoms with E-state index in [-0.39, 0.29) is 4.38 Å². The molecule has 1 aromatic rings. The van der Waals surface area contributed by atoms with E-state index in [4.69, 9.17) is 5.11 Å². The lowest BCUT2D eigenvalue weighted by atomic mass is 10.5. The fourth-order valence-electron chi connectivity index (χ4n) is 0.497. The van der Waals surface area contributed by atoms with Crippen molar-refractivity contribution in [3.05, 3.63) is 24.4 Å². The lowest BCUT2D eigenvalue weighted by Gasteiger charge is -1.92. The van der Waals surface area contributed by atoms with Crippen LogP contribution >= 0.6 is 24.0 Å². The number of thioether (sulfide) groups is 1. The topological polar surface area (TPSA) is 33.1 Å². The van der Waals surface area contributed by atoms with Crippen molar-refractivity contribution in [2.75, 3.05) is 0 Å². The first kappa shape index (κ1) is 7.50. The molecule has 52 valence electrons. The minimum Gasteiger partial charge on any atom is -0.494 e. The van der Waals surface area contributed by atoms with Crippen molar-refractivity contribution in [3.8, 4) is 0 Å². The van der Waals surface area contributed by atoms with Gasteiger partial charge in [0.15, 0.2) is 0 Å². The van der Waals surface area contributed by atoms with Crippen LogP contribution in [0, 0.1) is 0 Å². The number of rotatable bonds is 1. The Morgan fingerprint density at radius 2 is 2.40 bits per heavy atom. The van der Waals surface area contributed by atoms with Crippen LogP contribution in [-0.2, 0) is 0 Å². The van der Waals surface area contributed by atoms with E-state index >= 15 is 0 Å². The molecule has 0 unspecified atom stereocenters. The van der Waals surface area contributed by atoms with Gasteiger partial charge in [-0.05, 0) is 36.1 Å². The summed E-state index contributed by atoms with van der Waals surface area (Å²) in [7, 11) is 0. The van der Waals surface area contributed by atoms with Gasteiger partial charge in [-0.15, -0.1) is 0 Å². The van der Waals surface area contributed by atoms with E-state index in [2.05, 4.69) is 17.2 Å². The van der Waals surface area contributed by atoms with Gasteiger partial charge < -0.3 is 5.11 Å². The molecule has 0 spiro atoms. The summed E-state index contributed by atoms with van der Waals surface area (Å²) in [4.78, 5) is 3.93. The lowest BCUT2D eigenvalue weighted by Crippen LogP contribution is -1.84. The second-order valence-corrected chi connectivity index (χ2v) is 3.19. The van der Waals surface area contributed by atoms with Crippen LogP contribution < -0.4 is 0 Å². The van der Waals surface area contributed by atoms with Crippen molar-refractivity contribution in [2.45, 2.75) is 5.03 Å². The molecule has 4 heteroatoms. The van der Waals surface area contributed by atoms with Crippen molar-refractivity contribution < 1.29 is 5.11 Å². The van der Waals surface area contributed by atoms with Crippen molar-refractivity contribution in [1.82, 2.24) is 4.98 Å². The van der Waals surface area contributed by atoms with Gasteiger partial charge in [-0.2, -0.15) is 0 Å². The second-order valence-electron chi connectivity index (χ2n) is 1.54. The Morgan fingerprint density at radius 1 is 1.60 bits per heavy atom. The molecule has 1 rings (SSSR count). The number of aromatic nitrogens is 1. The van der Waals surface area contributed by atoms with Crippen LogP contribution in [0.15, 0.2) is 29.4 Å². The zero-order valence-corrected chi connectivity index (χ0v) is 6.65. The molecule has 0 amide bonds. The summed E-state index contributed by atoms with van der Waals surface area (Å²) >= 11 is 5.53. The summed E-state index contributed by atoms with van der Waals surface area (Å²) < 4.78 is -0.0984. The van der Waals surface area contributed by atoms with Gasteiger partial charge in [-0.1, -0.05) is 6.07 Å². The van der Waals surface area contributed by atoms with Crippen LogP contribution in [0.1, 0.15) is 0 Å². The van der Waals surface area contributed by atoms with Crippen LogP contribution in [-0.4, -0.2) is 14.5 Å². The monoisotopic (exact) mass is 171 g/mol. The summed E-state index contributed by atoms with van der Waals surface area (Å²) in [5.74, 6) is 0. The molecule has 1 heterocycles. The fraction of sp³-hybridized carbons (Fsp3) is 0. The fourth-order valence-corrected chi connectivity index (χ4v) is 1.19. The first-order valence-electron chi connectivity index (χ1n) is 2.61. The van der Waals surface area contributed by atoms with Crippen LogP contribution in [0.4, 0.5) is 0 Å². The average molecular weight is 171 g/mol. The Balaban J connectivity index is 2.67. The smallest absolute Gasteiger partial charge is 0.223 e. The number of thiocarbonyl (C=S) groups is 1. The van der Waals surface area contributed by atoms with Gasteiger partial charge >= 0.3 is 0 Å². The van der Waals surface area contributed by atoms with E-state index in [9.17, 15) is 0 Å². The minimum absolute atomic E-state index is 0.0984.